The SMILES string of the molecule is Nc1cc(C#CC2CC2)c(Cl)cc1F. The molecule has 14 heavy (non-hydrogen) atoms. The smallest absolute Gasteiger partial charge is 0.147 e. The van der Waals surface area contributed by atoms with Gasteiger partial charge in [0.1, 0.15) is 5.82 Å². The molecule has 2 rings (SSSR count). The molecule has 1 aromatic rings. The van der Waals surface area contributed by atoms with Crippen molar-refractivity contribution < 1.29 is 4.39 Å². The van der Waals surface area contributed by atoms with Crippen LogP contribution in [0, 0.1) is 23.6 Å². The van der Waals surface area contributed by atoms with Gasteiger partial charge in [-0.3, -0.25) is 0 Å². The van der Waals surface area contributed by atoms with Crippen LogP contribution in [-0.4, -0.2) is 0 Å². The van der Waals surface area contributed by atoms with Crippen molar-refractivity contribution in [3.05, 3.63) is 28.5 Å². The van der Waals surface area contributed by atoms with Crippen LogP contribution in [-0.2, 0) is 0 Å². The molecule has 3 heteroatoms. The van der Waals surface area contributed by atoms with E-state index >= 15 is 0 Å². The van der Waals surface area contributed by atoms with Crippen molar-refractivity contribution in [2.45, 2.75) is 12.8 Å². The summed E-state index contributed by atoms with van der Waals surface area (Å²) < 4.78 is 12.9. The molecule has 1 nitrogen and oxygen atoms in total. The van der Waals surface area contributed by atoms with E-state index in [1.54, 1.807) is 0 Å². The second kappa shape index (κ2) is 3.51. The lowest BCUT2D eigenvalue weighted by Gasteiger charge is -1.99. The first kappa shape index (κ1) is 9.36. The Hall–Kier alpha value is -1.20. The number of rotatable bonds is 0. The van der Waals surface area contributed by atoms with Crippen LogP contribution in [0.15, 0.2) is 12.1 Å². The van der Waals surface area contributed by atoms with Crippen LogP contribution in [0.2, 0.25) is 5.02 Å². The van der Waals surface area contributed by atoms with Crippen molar-refractivity contribution in [2.24, 2.45) is 5.92 Å². The Morgan fingerprint density at radius 1 is 1.43 bits per heavy atom. The summed E-state index contributed by atoms with van der Waals surface area (Å²) in [6.45, 7) is 0. The van der Waals surface area contributed by atoms with Crippen molar-refractivity contribution in [1.29, 1.82) is 0 Å². The molecule has 0 unspecified atom stereocenters. The zero-order valence-electron chi connectivity index (χ0n) is 7.48. The Morgan fingerprint density at radius 3 is 2.79 bits per heavy atom. The van der Waals surface area contributed by atoms with Crippen molar-refractivity contribution in [3.63, 3.8) is 0 Å². The van der Waals surface area contributed by atoms with Crippen LogP contribution in [0.5, 0.6) is 0 Å². The normalized spacial score (nSPS) is 14.7. The van der Waals surface area contributed by atoms with Gasteiger partial charge in [0, 0.05) is 11.5 Å². The average Bonchev–Trinajstić information content (AvgIpc) is 2.92. The quantitative estimate of drug-likeness (QED) is 0.516. The third-order valence-corrected chi connectivity index (χ3v) is 2.39. The fourth-order valence-corrected chi connectivity index (χ4v) is 1.27. The van der Waals surface area contributed by atoms with Crippen molar-refractivity contribution in [2.75, 3.05) is 5.73 Å². The van der Waals surface area contributed by atoms with Gasteiger partial charge in [0.05, 0.1) is 10.7 Å². The first-order chi connectivity index (χ1) is 6.66. The highest BCUT2D eigenvalue weighted by Crippen LogP contribution is 2.28. The molecule has 0 bridgehead atoms. The van der Waals surface area contributed by atoms with Gasteiger partial charge < -0.3 is 5.73 Å². The molecular weight excluding hydrogens is 201 g/mol. The Morgan fingerprint density at radius 2 is 2.14 bits per heavy atom. The minimum atomic E-state index is -0.494. The molecular formula is C11H9ClFN. The molecule has 1 saturated carbocycles. The Kier molecular flexibility index (Phi) is 2.35. The van der Waals surface area contributed by atoms with Crippen LogP contribution in [0.1, 0.15) is 18.4 Å². The molecule has 0 aromatic heterocycles. The van der Waals surface area contributed by atoms with Gasteiger partial charge in [0.2, 0.25) is 0 Å². The van der Waals surface area contributed by atoms with Crippen LogP contribution >= 0.6 is 11.6 Å². The predicted octanol–water partition coefficient (Wildman–Crippen LogP) is 2.82. The van der Waals surface area contributed by atoms with Gasteiger partial charge in [0.25, 0.3) is 0 Å². The van der Waals surface area contributed by atoms with Crippen LogP contribution in [0.25, 0.3) is 0 Å². The summed E-state index contributed by atoms with van der Waals surface area (Å²) in [5.41, 5.74) is 6.11. The van der Waals surface area contributed by atoms with Crippen molar-refractivity contribution in [1.82, 2.24) is 0 Å². The molecule has 1 aliphatic rings. The second-order valence-electron chi connectivity index (χ2n) is 3.40. The first-order valence-corrected chi connectivity index (χ1v) is 4.80. The number of anilines is 1. The molecule has 72 valence electrons. The van der Waals surface area contributed by atoms with E-state index in [2.05, 4.69) is 11.8 Å². The molecule has 0 atom stereocenters. The maximum Gasteiger partial charge on any atom is 0.147 e. The largest absolute Gasteiger partial charge is 0.396 e. The summed E-state index contributed by atoms with van der Waals surface area (Å²) in [5, 5.41) is 0.324. The molecule has 0 amide bonds. The molecule has 0 aliphatic heterocycles. The molecule has 0 radical (unpaired) electrons. The lowest BCUT2D eigenvalue weighted by atomic mass is 10.2. The van der Waals surface area contributed by atoms with Gasteiger partial charge in [-0.1, -0.05) is 23.4 Å². The summed E-state index contributed by atoms with van der Waals surface area (Å²) in [4.78, 5) is 0. The van der Waals surface area contributed by atoms with Gasteiger partial charge in [0.15, 0.2) is 0 Å². The first-order valence-electron chi connectivity index (χ1n) is 4.43. The number of hydrogen-bond acceptors (Lipinski definition) is 1. The van der Waals surface area contributed by atoms with E-state index in [4.69, 9.17) is 17.3 Å². The maximum absolute atomic E-state index is 12.9. The zero-order valence-corrected chi connectivity index (χ0v) is 8.24. The topological polar surface area (TPSA) is 26.0 Å². The second-order valence-corrected chi connectivity index (χ2v) is 3.80. The highest BCUT2D eigenvalue weighted by atomic mass is 35.5. The fraction of sp³-hybridized carbons (Fsp3) is 0.273. The monoisotopic (exact) mass is 209 g/mol. The highest BCUT2D eigenvalue weighted by Gasteiger charge is 2.17. The van der Waals surface area contributed by atoms with Gasteiger partial charge in [-0.15, -0.1) is 0 Å². The molecule has 0 saturated heterocycles. The Balaban J connectivity index is 2.33. The van der Waals surface area contributed by atoms with E-state index in [0.29, 0.717) is 16.5 Å². The van der Waals surface area contributed by atoms with Crippen molar-refractivity contribution in [3.8, 4) is 11.8 Å². The number of nitrogen functional groups attached to an aromatic ring is 1. The summed E-state index contributed by atoms with van der Waals surface area (Å²) >= 11 is 5.81. The standard InChI is InChI=1S/C11H9ClFN/c12-9-6-10(13)11(14)5-8(9)4-3-7-1-2-7/h5-7H,1-2,14H2. The molecule has 2 N–H and O–H groups in total. The Bertz CT molecular complexity index is 427. The van der Waals surface area contributed by atoms with E-state index in [-0.39, 0.29) is 5.69 Å². The highest BCUT2D eigenvalue weighted by molar-refractivity contribution is 6.31. The molecule has 1 aromatic carbocycles. The fourth-order valence-electron chi connectivity index (χ4n) is 1.07. The minimum absolute atomic E-state index is 0.0921. The van der Waals surface area contributed by atoms with Gasteiger partial charge in [-0.2, -0.15) is 0 Å². The summed E-state index contributed by atoms with van der Waals surface area (Å²) in [6.07, 6.45) is 2.31. The predicted molar refractivity (Wildman–Crippen MR) is 55.4 cm³/mol. The molecule has 0 spiro atoms. The lowest BCUT2D eigenvalue weighted by molar-refractivity contribution is 0.632. The number of hydrogen-bond donors (Lipinski definition) is 1. The van der Waals surface area contributed by atoms with E-state index in [1.807, 2.05) is 0 Å². The number of nitrogens with two attached hydrogens (primary N) is 1. The van der Waals surface area contributed by atoms with E-state index in [0.717, 1.165) is 12.8 Å². The number of benzene rings is 1. The van der Waals surface area contributed by atoms with Gasteiger partial charge in [-0.25, -0.2) is 4.39 Å². The van der Waals surface area contributed by atoms with E-state index in [9.17, 15) is 4.39 Å². The zero-order chi connectivity index (χ0) is 10.1. The number of halogens is 2. The summed E-state index contributed by atoms with van der Waals surface area (Å²) in [7, 11) is 0. The average molecular weight is 210 g/mol. The van der Waals surface area contributed by atoms with Crippen LogP contribution in [0.3, 0.4) is 0 Å². The van der Waals surface area contributed by atoms with Gasteiger partial charge in [-0.05, 0) is 25.0 Å². The Labute approximate surface area is 87.1 Å². The van der Waals surface area contributed by atoms with Gasteiger partial charge >= 0.3 is 0 Å². The minimum Gasteiger partial charge on any atom is -0.396 e. The summed E-state index contributed by atoms with van der Waals surface area (Å²) in [6, 6.07) is 2.68. The molecule has 1 fully saturated rings. The van der Waals surface area contributed by atoms with E-state index < -0.39 is 5.82 Å². The lowest BCUT2D eigenvalue weighted by Crippen LogP contribution is -1.92. The van der Waals surface area contributed by atoms with Crippen LogP contribution < -0.4 is 5.73 Å². The molecule has 1 aliphatic carbocycles. The van der Waals surface area contributed by atoms with E-state index in [1.165, 1.54) is 12.1 Å². The van der Waals surface area contributed by atoms with Crippen molar-refractivity contribution >= 4 is 17.3 Å². The third kappa shape index (κ3) is 2.00. The third-order valence-electron chi connectivity index (χ3n) is 2.07. The maximum atomic E-state index is 12.9. The summed E-state index contributed by atoms with van der Waals surface area (Å²) in [5.74, 6) is 5.97. The molecule has 0 heterocycles. The van der Waals surface area contributed by atoms with Crippen LogP contribution in [0.4, 0.5) is 10.1 Å².